The van der Waals surface area contributed by atoms with Crippen LogP contribution in [-0.2, 0) is 0 Å². The zero-order chi connectivity index (χ0) is 17.3. The van der Waals surface area contributed by atoms with Crippen molar-refractivity contribution in [2.24, 2.45) is 34.0 Å². The fourth-order valence-corrected chi connectivity index (χ4v) is 8.14. The second-order valence-electron chi connectivity index (χ2n) is 9.87. The maximum absolute atomic E-state index is 11.3. The topological polar surface area (TPSA) is 40.5 Å². The number of aliphatic hydroxyl groups is 2. The van der Waals surface area contributed by atoms with Gasteiger partial charge < -0.3 is 10.2 Å². The second kappa shape index (κ2) is 5.33. The first kappa shape index (κ1) is 17.1. The normalized spacial score (nSPS) is 56.7. The summed E-state index contributed by atoms with van der Waals surface area (Å²) in [5, 5.41) is 22.5. The van der Waals surface area contributed by atoms with Crippen LogP contribution in [0.5, 0.6) is 0 Å². The van der Waals surface area contributed by atoms with Gasteiger partial charge in [0, 0.05) is 5.41 Å². The average molecular weight is 333 g/mol. The molecule has 24 heavy (non-hydrogen) atoms. The highest BCUT2D eigenvalue weighted by Crippen LogP contribution is 2.73. The first-order valence-electron chi connectivity index (χ1n) is 10.4. The molecule has 2 bridgehead atoms. The van der Waals surface area contributed by atoms with E-state index in [1.807, 2.05) is 0 Å². The van der Waals surface area contributed by atoms with Crippen molar-refractivity contribution < 1.29 is 10.2 Å². The summed E-state index contributed by atoms with van der Waals surface area (Å²) in [7, 11) is 0. The Hall–Kier alpha value is -0.340. The lowest BCUT2D eigenvalue weighted by atomic mass is 9.34. The predicted molar refractivity (Wildman–Crippen MR) is 97.5 cm³/mol. The molecule has 0 saturated heterocycles. The molecule has 0 heterocycles. The zero-order valence-electron chi connectivity index (χ0n) is 15.9. The molecule has 136 valence electrons. The monoisotopic (exact) mass is 332 g/mol. The van der Waals surface area contributed by atoms with Gasteiger partial charge in [0.05, 0.1) is 12.2 Å². The van der Waals surface area contributed by atoms with Crippen molar-refractivity contribution in [1.29, 1.82) is 0 Å². The van der Waals surface area contributed by atoms with Crippen molar-refractivity contribution in [1.82, 2.24) is 0 Å². The van der Waals surface area contributed by atoms with Gasteiger partial charge in [-0.1, -0.05) is 40.2 Å². The van der Waals surface area contributed by atoms with Gasteiger partial charge in [-0.15, -0.1) is 0 Å². The Morgan fingerprint density at radius 2 is 1.79 bits per heavy atom. The summed E-state index contributed by atoms with van der Waals surface area (Å²) < 4.78 is 0. The Morgan fingerprint density at radius 3 is 2.46 bits per heavy atom. The molecular formula is C22H36O2. The van der Waals surface area contributed by atoms with Gasteiger partial charge in [-0.3, -0.25) is 0 Å². The fourth-order valence-electron chi connectivity index (χ4n) is 8.14. The molecule has 8 atom stereocenters. The summed E-state index contributed by atoms with van der Waals surface area (Å²) in [5.41, 5.74) is 1.40. The highest BCUT2D eigenvalue weighted by molar-refractivity contribution is 5.28. The molecule has 2 unspecified atom stereocenters. The largest absolute Gasteiger partial charge is 0.392 e. The Balaban J connectivity index is 1.84. The zero-order valence-corrected chi connectivity index (χ0v) is 15.9. The van der Waals surface area contributed by atoms with Crippen molar-refractivity contribution in [3.63, 3.8) is 0 Å². The van der Waals surface area contributed by atoms with Crippen molar-refractivity contribution >= 4 is 0 Å². The van der Waals surface area contributed by atoms with E-state index in [1.54, 1.807) is 0 Å². The van der Waals surface area contributed by atoms with Crippen LogP contribution < -0.4 is 0 Å². The minimum Gasteiger partial charge on any atom is -0.392 e. The van der Waals surface area contributed by atoms with E-state index in [0.717, 1.165) is 31.3 Å². The van der Waals surface area contributed by atoms with Crippen LogP contribution in [-0.4, -0.2) is 22.4 Å². The molecule has 5 aliphatic rings. The minimum absolute atomic E-state index is 0.301. The van der Waals surface area contributed by atoms with Crippen LogP contribution >= 0.6 is 0 Å². The van der Waals surface area contributed by atoms with Gasteiger partial charge in [0.2, 0.25) is 0 Å². The van der Waals surface area contributed by atoms with E-state index in [4.69, 9.17) is 0 Å². The molecule has 2 N–H and O–H groups in total. The van der Waals surface area contributed by atoms with Gasteiger partial charge in [-0.25, -0.2) is 0 Å². The van der Waals surface area contributed by atoms with E-state index in [9.17, 15) is 10.2 Å². The molecule has 5 saturated carbocycles. The van der Waals surface area contributed by atoms with Gasteiger partial charge in [0.25, 0.3) is 0 Å². The van der Waals surface area contributed by atoms with Crippen molar-refractivity contribution in [2.75, 3.05) is 0 Å². The molecule has 5 aliphatic carbocycles. The molecule has 5 fully saturated rings. The molecule has 0 amide bonds. The Bertz CT molecular complexity index is 542. The maximum Gasteiger partial charge on any atom is 0.0834 e. The van der Waals surface area contributed by atoms with Crippen LogP contribution in [0.3, 0.4) is 0 Å². The lowest BCUT2D eigenvalue weighted by molar-refractivity contribution is -0.257. The van der Waals surface area contributed by atoms with Crippen LogP contribution in [0.25, 0.3) is 0 Å². The Morgan fingerprint density at radius 1 is 1.04 bits per heavy atom. The third kappa shape index (κ3) is 1.80. The first-order valence-corrected chi connectivity index (χ1v) is 10.4. The maximum atomic E-state index is 11.3. The van der Waals surface area contributed by atoms with Crippen LogP contribution in [0, 0.1) is 34.0 Å². The molecule has 1 spiro atoms. The molecule has 0 aromatic rings. The summed E-state index contributed by atoms with van der Waals surface area (Å²) in [6.07, 6.45) is 9.69. The Labute approximate surface area is 147 Å². The molecule has 0 aromatic carbocycles. The summed E-state index contributed by atoms with van der Waals surface area (Å²) in [6.45, 7) is 11.4. The average Bonchev–Trinajstić information content (AvgIpc) is 2.60. The number of hydrogen-bond acceptors (Lipinski definition) is 2. The van der Waals surface area contributed by atoms with Crippen molar-refractivity contribution in [3.05, 3.63) is 12.2 Å². The highest BCUT2D eigenvalue weighted by Gasteiger charge is 2.70. The molecule has 0 radical (unpaired) electrons. The molecule has 0 aliphatic heterocycles. The van der Waals surface area contributed by atoms with Crippen LogP contribution in [0.2, 0.25) is 0 Å². The second-order valence-corrected chi connectivity index (χ2v) is 9.87. The molecular weight excluding hydrogens is 296 g/mol. The highest BCUT2D eigenvalue weighted by atomic mass is 16.3. The van der Waals surface area contributed by atoms with E-state index < -0.39 is 6.10 Å². The number of aliphatic hydroxyl groups excluding tert-OH is 2. The molecule has 0 aromatic heterocycles. The van der Waals surface area contributed by atoms with Gasteiger partial charge >= 0.3 is 0 Å². The van der Waals surface area contributed by atoms with Gasteiger partial charge in [0.1, 0.15) is 0 Å². The van der Waals surface area contributed by atoms with E-state index >= 15 is 0 Å². The van der Waals surface area contributed by atoms with Crippen molar-refractivity contribution in [3.8, 4) is 0 Å². The van der Waals surface area contributed by atoms with Crippen LogP contribution in [0.1, 0.15) is 78.6 Å². The molecule has 5 rings (SSSR count). The third-order valence-corrected chi connectivity index (χ3v) is 9.64. The van der Waals surface area contributed by atoms with E-state index in [-0.39, 0.29) is 11.5 Å². The van der Waals surface area contributed by atoms with E-state index in [1.165, 1.54) is 32.1 Å². The van der Waals surface area contributed by atoms with Crippen LogP contribution in [0.15, 0.2) is 12.2 Å². The van der Waals surface area contributed by atoms with Gasteiger partial charge in [0.15, 0.2) is 0 Å². The summed E-state index contributed by atoms with van der Waals surface area (Å²) in [6, 6.07) is 0. The van der Waals surface area contributed by atoms with Gasteiger partial charge in [-0.2, -0.15) is 0 Å². The fraction of sp³-hybridized carbons (Fsp3) is 0.909. The minimum atomic E-state index is -0.482. The lowest BCUT2D eigenvalue weighted by Gasteiger charge is -2.71. The third-order valence-electron chi connectivity index (χ3n) is 9.64. The quantitative estimate of drug-likeness (QED) is 0.720. The van der Waals surface area contributed by atoms with Crippen LogP contribution in [0.4, 0.5) is 0 Å². The molecule has 2 heteroatoms. The number of rotatable bonds is 2. The SMILES string of the molecule is C=C1[C@H]2CC[C@]3(C(C2)[C@]2(CC)CCC[C@@](C)(CC)C2C[C@H]3O)[C@H]1O. The van der Waals surface area contributed by atoms with E-state index in [0.29, 0.717) is 28.6 Å². The smallest absolute Gasteiger partial charge is 0.0834 e. The number of fused-ring (bicyclic) bond motifs is 3. The predicted octanol–water partition coefficient (Wildman–Crippen LogP) is 4.70. The molecule has 2 nitrogen and oxygen atoms in total. The Kier molecular flexibility index (Phi) is 3.80. The van der Waals surface area contributed by atoms with Crippen molar-refractivity contribution in [2.45, 2.75) is 90.8 Å². The first-order chi connectivity index (χ1) is 11.4. The summed E-state index contributed by atoms with van der Waals surface area (Å²) in [5.74, 6) is 1.57. The van der Waals surface area contributed by atoms with Gasteiger partial charge in [-0.05, 0) is 79.1 Å². The summed E-state index contributed by atoms with van der Waals surface area (Å²) in [4.78, 5) is 0. The van der Waals surface area contributed by atoms with E-state index in [2.05, 4.69) is 27.4 Å². The summed E-state index contributed by atoms with van der Waals surface area (Å²) >= 11 is 0. The standard InChI is InChI=1S/C22H36O2/c1-5-20(4)9-7-10-21(6-2)16(20)13-18(23)22-11-8-15(12-17(21)22)14(3)19(22)24/h15-19,23-24H,3,5-13H2,1-2,4H3/t15-,16?,17?,18+,19-,20+,21+,22+/m0/s1. The lowest BCUT2D eigenvalue weighted by Crippen LogP contribution is -2.69. The number of hydrogen-bond donors (Lipinski definition) is 2.